The molecule has 3 amide bonds. The van der Waals surface area contributed by atoms with Crippen LogP contribution in [0.4, 0.5) is 0 Å². The van der Waals surface area contributed by atoms with Crippen LogP contribution in [0.15, 0.2) is 241 Å². The number of hydrogen-bond donors (Lipinski definition) is 3. The molecule has 8 aromatic carbocycles. The number of fused-ring (bicyclic) bond motifs is 13. The lowest BCUT2D eigenvalue weighted by atomic mass is 9.96. The first-order valence-corrected chi connectivity index (χ1v) is 46.2. The number of rotatable bonds is 24. The van der Waals surface area contributed by atoms with E-state index in [9.17, 15) is 57.8 Å². The lowest BCUT2D eigenvalue weighted by Gasteiger charge is -2.29. The predicted molar refractivity (Wildman–Crippen MR) is 518 cm³/mol. The molecule has 6 aromatic heterocycles. The summed E-state index contributed by atoms with van der Waals surface area (Å²) in [5.74, 6) is -7.23. The molecule has 2 fully saturated rings. The van der Waals surface area contributed by atoms with Crippen LogP contribution in [0.3, 0.4) is 0 Å². The highest BCUT2D eigenvalue weighted by molar-refractivity contribution is 9.08. The Balaban J connectivity index is 0.000000131. The molecule has 0 spiro atoms. The summed E-state index contributed by atoms with van der Waals surface area (Å²) in [7, 11) is 0. The number of esters is 4. The fourth-order valence-corrected chi connectivity index (χ4v) is 17.0. The second-order valence-electron chi connectivity index (χ2n) is 31.8. The van der Waals surface area contributed by atoms with Gasteiger partial charge >= 0.3 is 29.8 Å². The molecule has 0 bridgehead atoms. The van der Waals surface area contributed by atoms with Gasteiger partial charge in [0.2, 0.25) is 0 Å². The van der Waals surface area contributed by atoms with Crippen LogP contribution >= 0.6 is 27.5 Å². The molecule has 6 aliphatic rings. The Morgan fingerprint density at radius 2 is 0.871 bits per heavy atom. The number of hydroxylamine groups is 2. The number of imide groups is 1. The lowest BCUT2D eigenvalue weighted by Crippen LogP contribution is -2.49. The van der Waals surface area contributed by atoms with Crippen molar-refractivity contribution >= 4 is 175 Å². The largest absolute Gasteiger partial charge is 0.489 e. The Bertz CT molecular complexity index is 7240. The fourth-order valence-electron chi connectivity index (χ4n) is 16.2. The number of aliphatic carboxylic acids is 1. The van der Waals surface area contributed by atoms with Crippen molar-refractivity contribution in [3.8, 4) is 5.75 Å². The van der Waals surface area contributed by atoms with E-state index >= 15 is 0 Å². The first kappa shape index (κ1) is 98.6. The van der Waals surface area contributed by atoms with Gasteiger partial charge in [-0.2, -0.15) is 0 Å². The number of halogens is 2. The summed E-state index contributed by atoms with van der Waals surface area (Å²) in [6.07, 6.45) is 13.7. The first-order valence-electron chi connectivity index (χ1n) is 44.7. The molecule has 14 aromatic rings. The van der Waals surface area contributed by atoms with Crippen LogP contribution in [0.2, 0.25) is 5.02 Å². The number of oxime groups is 3. The number of ether oxygens (including phenoxy) is 5. The number of hydrogen-bond acceptors (Lipinski definition) is 31. The minimum Gasteiger partial charge on any atom is -0.489 e. The highest BCUT2D eigenvalue weighted by atomic mass is 79.9. The number of carbonyl (C=O) groups excluding carboxylic acids is 10. The maximum atomic E-state index is 13.6. The number of pyridine rings is 6. The van der Waals surface area contributed by atoms with E-state index in [1.807, 2.05) is 78.9 Å². The topological polar surface area (TPSA) is 444 Å². The molecule has 5 aliphatic heterocycles. The van der Waals surface area contributed by atoms with E-state index < -0.39 is 77.1 Å². The van der Waals surface area contributed by atoms with E-state index in [1.54, 1.807) is 163 Å². The maximum absolute atomic E-state index is 13.6. The third-order valence-electron chi connectivity index (χ3n) is 23.1. The number of amides is 3. The number of benzene rings is 8. The highest BCUT2D eigenvalue weighted by Crippen LogP contribution is 2.37. The maximum Gasteiger partial charge on any atom is 0.379 e. The molecule has 3 N–H and O–H groups in total. The van der Waals surface area contributed by atoms with E-state index in [1.165, 1.54) is 18.2 Å². The first-order chi connectivity index (χ1) is 68.0. The third-order valence-corrected chi connectivity index (χ3v) is 24.0. The molecule has 712 valence electrons. The van der Waals surface area contributed by atoms with Crippen molar-refractivity contribution in [2.75, 3.05) is 46.1 Å². The van der Waals surface area contributed by atoms with E-state index in [4.69, 9.17) is 59.7 Å². The number of carboxylic acids is 1. The number of aryl methyl sites for hydroxylation is 1. The SMILES string of the molecule is CCOC(=O)C(=O)c1ccc2ncccc2c1C.CCOC(=O)C(=O)c1ccc2ncccc2c1CBr.CCOC(=O)C(=O)c1ccc2ncccc2c1CON1C(=O)c2ccccc2C1=O.CCOC(=O)C1=NOCc2c1ccc1ncccc21.O=C(N[C@H](CN1CCCC1)[C@H](O)c1ccc(OC2CC2)c(Cl)c1)C1=NOCc2c1ccc1ncccc21.O=C(O)C1=NOCc2c1ccc1ncccc21. The molecule has 1 saturated heterocycles. The summed E-state index contributed by atoms with van der Waals surface area (Å²) in [6, 6.07) is 53.9. The van der Waals surface area contributed by atoms with Gasteiger partial charge in [0.05, 0.1) is 87.8 Å². The zero-order valence-electron chi connectivity index (χ0n) is 76.1. The van der Waals surface area contributed by atoms with Crippen LogP contribution in [0.1, 0.15) is 167 Å². The zero-order valence-corrected chi connectivity index (χ0v) is 78.5. The molecule has 2 atom stereocenters. The average Bonchev–Trinajstić information content (AvgIpc) is 1.68. The van der Waals surface area contributed by atoms with Crippen LogP contribution in [-0.4, -0.2) is 190 Å². The number of aromatic nitrogens is 6. The number of carbonyl (C=O) groups is 11. The summed E-state index contributed by atoms with van der Waals surface area (Å²) in [6.45, 7) is 12.2. The van der Waals surface area contributed by atoms with Crippen molar-refractivity contribution in [3.63, 3.8) is 0 Å². The summed E-state index contributed by atoms with van der Waals surface area (Å²) in [5, 5.41) is 41.7. The van der Waals surface area contributed by atoms with Crippen molar-refractivity contribution in [2.45, 2.75) is 110 Å². The van der Waals surface area contributed by atoms with Gasteiger partial charge in [0.25, 0.3) is 35.1 Å². The van der Waals surface area contributed by atoms with Crippen LogP contribution < -0.4 is 10.1 Å². The molecule has 34 nitrogen and oxygen atoms in total. The monoisotopic (exact) mass is 1970 g/mol. The molecule has 1 aliphatic carbocycles. The quantitative estimate of drug-likeness (QED) is 0.0126. The van der Waals surface area contributed by atoms with Gasteiger partial charge in [0.1, 0.15) is 38.3 Å². The third kappa shape index (κ3) is 22.3. The molecule has 0 radical (unpaired) electrons. The van der Waals surface area contributed by atoms with Gasteiger partial charge in [0, 0.05) is 137 Å². The Hall–Kier alpha value is -16.0. The van der Waals surface area contributed by atoms with Crippen molar-refractivity contribution in [1.82, 2.24) is 45.2 Å². The van der Waals surface area contributed by atoms with Crippen molar-refractivity contribution in [3.05, 3.63) is 314 Å². The average molecular weight is 1980 g/mol. The van der Waals surface area contributed by atoms with E-state index in [0.717, 1.165) is 127 Å². The van der Waals surface area contributed by atoms with Crippen molar-refractivity contribution in [1.29, 1.82) is 0 Å². The van der Waals surface area contributed by atoms with E-state index in [0.29, 0.717) is 85.2 Å². The Morgan fingerprint density at radius 1 is 0.471 bits per heavy atom. The van der Waals surface area contributed by atoms with Gasteiger partial charge in [-0.3, -0.25) is 63.5 Å². The van der Waals surface area contributed by atoms with Gasteiger partial charge in [-0.25, -0.2) is 24.0 Å². The minimum atomic E-state index is -1.09. The lowest BCUT2D eigenvalue weighted by molar-refractivity contribution is -0.138. The summed E-state index contributed by atoms with van der Waals surface area (Å²) >= 11 is 9.83. The summed E-state index contributed by atoms with van der Waals surface area (Å²) < 4.78 is 25.1. The highest BCUT2D eigenvalue weighted by Gasteiger charge is 2.39. The molecule has 0 unspecified atom stereocenters. The van der Waals surface area contributed by atoms with Crippen LogP contribution in [0.5, 0.6) is 5.75 Å². The number of carboxylic acid groups (broad SMARTS) is 1. The molecule has 1 saturated carbocycles. The van der Waals surface area contributed by atoms with Gasteiger partial charge in [-0.1, -0.05) is 97.6 Å². The number of nitrogens with one attached hydrogen (secondary N) is 1. The number of aliphatic hydroxyl groups excluding tert-OH is 1. The van der Waals surface area contributed by atoms with Gasteiger partial charge in [-0.15, -0.1) is 5.06 Å². The van der Waals surface area contributed by atoms with Gasteiger partial charge in [-0.05, 0) is 224 Å². The fraction of sp³-hybridized carbons (Fsp3) is 0.231. The standard InChI is InChI=1S/C28H29ClN4O4.C22H16N2O6.C14H12BrNO3.C14H12N2O3.C14H13NO3.C12H8N2O3/c29-22-14-17(5-10-25(22)37-18-6-7-18)27(34)24(15-33-12-1-2-13-33)31-28(35)26-20-8-9-23-19(4-3-11-30-23)21(20)16-36-32-26;1-2-29-22(28)19(25)14-9-10-18-13(8-5-11-23-18)17(14)12-30-24-20(26)15-6-3-4-7-16(15)21(24)27;1-2-19-14(18)13(17)10-5-6-12-9(11(10)8-15)4-3-7-16-12;1-2-18-14(17)13-10-5-6-12-9(4-3-7-15-12)11(10)8-19-16-13;1-3-18-14(17)13(16)11-6-7-12-10(9(11)2)5-4-8-15-12;15-12(16)11-8-3-4-10-7(2-1-5-13-10)9(8)6-17-14-11/h3-5,8-11,14,18,24,27,34H,1-2,6-7,12-13,15-16H2,(H,31,35);3-11H,2,12H2,1H3;2*3-7H,2,8H2,1H3;4-8H,3H2,1-2H3;1-5H,6H2,(H,15,16)/t24-,27-;;;;;/m1...../s1. The van der Waals surface area contributed by atoms with Crippen LogP contribution in [0, 0.1) is 6.92 Å². The second-order valence-corrected chi connectivity index (χ2v) is 32.8. The Kier molecular flexibility index (Phi) is 32.2. The molecular formula is C104H90BrClN12O22. The predicted octanol–water partition coefficient (Wildman–Crippen LogP) is 15.4. The normalized spacial score (nSPS) is 14.0. The second kappa shape index (κ2) is 45.8. The molecule has 11 heterocycles. The Labute approximate surface area is 812 Å². The number of aliphatic hydroxyl groups is 1. The van der Waals surface area contributed by atoms with Crippen LogP contribution in [-0.2, 0) is 98.8 Å². The molecule has 140 heavy (non-hydrogen) atoms. The summed E-state index contributed by atoms with van der Waals surface area (Å²) in [4.78, 5) is 182. The van der Waals surface area contributed by atoms with Gasteiger partial charge in [0.15, 0.2) is 17.1 Å². The molecular weight excluding hydrogens is 1880 g/mol. The minimum absolute atomic E-state index is 0.0561. The molecule has 20 rings (SSSR count). The van der Waals surface area contributed by atoms with E-state index in [-0.39, 0.29) is 79.6 Å². The van der Waals surface area contributed by atoms with E-state index in [2.05, 4.69) is 71.5 Å². The molecule has 36 heteroatoms. The number of ketones is 3. The Morgan fingerprint density at radius 3 is 1.33 bits per heavy atom. The van der Waals surface area contributed by atoms with Gasteiger partial charge < -0.3 is 58.6 Å². The number of likely N-dealkylation sites (tertiary alicyclic amines) is 1. The number of nitrogens with zero attached hydrogens (tertiary/aromatic N) is 11. The van der Waals surface area contributed by atoms with Crippen LogP contribution in [0.25, 0.3) is 65.4 Å². The summed E-state index contributed by atoms with van der Waals surface area (Å²) in [5.41, 5.74) is 13.4. The number of alkyl halides is 1. The number of Topliss-reactive ketones (excluding diaryl/α,β-unsaturated/α-hetero) is 3. The zero-order chi connectivity index (χ0) is 98.6. The smallest absolute Gasteiger partial charge is 0.379 e. The van der Waals surface area contributed by atoms with Crippen molar-refractivity contribution in [2.24, 2.45) is 15.5 Å². The van der Waals surface area contributed by atoms with Crippen molar-refractivity contribution < 1.29 is 106 Å².